The SMILES string of the molecule is O=C1C=CC(=O)[C@@H]2CC=C[C@H]([C@@H]3C(=O)N(c4ccccc4)[C@@H]3c3ccccc3)[C@H]12. The van der Waals surface area contributed by atoms with Crippen LogP contribution in [0.1, 0.15) is 18.0 Å². The number of hydrogen-bond acceptors (Lipinski definition) is 3. The summed E-state index contributed by atoms with van der Waals surface area (Å²) in [6, 6.07) is 19.4. The molecule has 0 unspecified atom stereocenters. The van der Waals surface area contributed by atoms with Crippen molar-refractivity contribution in [1.29, 1.82) is 0 Å². The molecule has 3 aliphatic rings. The fraction of sp³-hybridized carbons (Fsp3) is 0.240. The first-order valence-electron chi connectivity index (χ1n) is 10.0. The third-order valence-electron chi connectivity index (χ3n) is 6.43. The van der Waals surface area contributed by atoms with Gasteiger partial charge >= 0.3 is 0 Å². The number of benzene rings is 2. The van der Waals surface area contributed by atoms with Gasteiger partial charge in [-0.25, -0.2) is 0 Å². The summed E-state index contributed by atoms with van der Waals surface area (Å²) < 4.78 is 0. The van der Waals surface area contributed by atoms with Crippen LogP contribution < -0.4 is 4.90 Å². The molecule has 0 N–H and O–H groups in total. The normalized spacial score (nSPS) is 30.8. The van der Waals surface area contributed by atoms with Gasteiger partial charge in [0.2, 0.25) is 5.91 Å². The van der Waals surface area contributed by atoms with Crippen molar-refractivity contribution in [3.05, 3.63) is 90.5 Å². The molecule has 4 heteroatoms. The maximum atomic E-state index is 13.4. The number of amides is 1. The van der Waals surface area contributed by atoms with E-state index in [1.165, 1.54) is 12.2 Å². The van der Waals surface area contributed by atoms with E-state index in [0.717, 1.165) is 11.3 Å². The van der Waals surface area contributed by atoms with Gasteiger partial charge in [-0.1, -0.05) is 60.7 Å². The summed E-state index contributed by atoms with van der Waals surface area (Å²) in [5.41, 5.74) is 1.89. The van der Waals surface area contributed by atoms with E-state index in [4.69, 9.17) is 0 Å². The largest absolute Gasteiger partial charge is 0.304 e. The smallest absolute Gasteiger partial charge is 0.233 e. The highest BCUT2D eigenvalue weighted by Crippen LogP contribution is 2.52. The average molecular weight is 383 g/mol. The Labute approximate surface area is 169 Å². The predicted molar refractivity (Wildman–Crippen MR) is 110 cm³/mol. The lowest BCUT2D eigenvalue weighted by Gasteiger charge is -2.52. The lowest BCUT2D eigenvalue weighted by molar-refractivity contribution is -0.139. The third kappa shape index (κ3) is 2.79. The Morgan fingerprint density at radius 1 is 0.759 bits per heavy atom. The highest BCUT2D eigenvalue weighted by Gasteiger charge is 2.56. The number of carbonyl (C=O) groups excluding carboxylic acids is 3. The van der Waals surface area contributed by atoms with E-state index < -0.39 is 5.92 Å². The average Bonchev–Trinajstić information content (AvgIpc) is 2.76. The van der Waals surface area contributed by atoms with Crippen LogP contribution in [0.2, 0.25) is 0 Å². The van der Waals surface area contributed by atoms with Gasteiger partial charge in [-0.15, -0.1) is 0 Å². The number of ketones is 2. The fourth-order valence-electron chi connectivity index (χ4n) is 5.11. The zero-order chi connectivity index (χ0) is 20.0. The zero-order valence-electron chi connectivity index (χ0n) is 15.8. The van der Waals surface area contributed by atoms with Crippen molar-refractivity contribution in [3.8, 4) is 0 Å². The molecule has 144 valence electrons. The van der Waals surface area contributed by atoms with Crippen LogP contribution in [0.5, 0.6) is 0 Å². The Morgan fingerprint density at radius 3 is 2.14 bits per heavy atom. The molecule has 0 bridgehead atoms. The molecule has 1 fully saturated rings. The van der Waals surface area contributed by atoms with E-state index in [1.807, 2.05) is 77.7 Å². The molecule has 0 saturated carbocycles. The number of nitrogens with zero attached hydrogens (tertiary/aromatic N) is 1. The Morgan fingerprint density at radius 2 is 1.41 bits per heavy atom. The number of carbonyl (C=O) groups is 3. The van der Waals surface area contributed by atoms with Gasteiger partial charge in [0, 0.05) is 23.4 Å². The molecule has 0 aromatic heterocycles. The predicted octanol–water partition coefficient (Wildman–Crippen LogP) is 3.91. The Hall–Kier alpha value is -3.27. The molecule has 0 radical (unpaired) electrons. The van der Waals surface area contributed by atoms with Crippen LogP contribution in [0.15, 0.2) is 85.0 Å². The van der Waals surface area contributed by atoms with Crippen molar-refractivity contribution < 1.29 is 14.4 Å². The van der Waals surface area contributed by atoms with Crippen LogP contribution in [0.25, 0.3) is 0 Å². The van der Waals surface area contributed by atoms with Crippen LogP contribution in [0.3, 0.4) is 0 Å². The summed E-state index contributed by atoms with van der Waals surface area (Å²) in [5.74, 6) is -1.46. The molecule has 2 aliphatic carbocycles. The second-order valence-corrected chi connectivity index (χ2v) is 7.94. The molecule has 1 amide bonds. The molecule has 2 aromatic carbocycles. The third-order valence-corrected chi connectivity index (χ3v) is 6.43. The maximum absolute atomic E-state index is 13.4. The maximum Gasteiger partial charge on any atom is 0.233 e. The van der Waals surface area contributed by atoms with Crippen molar-refractivity contribution >= 4 is 23.2 Å². The van der Waals surface area contributed by atoms with E-state index in [9.17, 15) is 14.4 Å². The van der Waals surface area contributed by atoms with Gasteiger partial charge in [0.05, 0.1) is 12.0 Å². The molecule has 5 rings (SSSR count). The summed E-state index contributed by atoms with van der Waals surface area (Å²) in [4.78, 5) is 40.3. The van der Waals surface area contributed by atoms with Crippen molar-refractivity contribution in [2.45, 2.75) is 12.5 Å². The molecule has 0 spiro atoms. The first-order chi connectivity index (χ1) is 14.2. The first kappa shape index (κ1) is 17.8. The van der Waals surface area contributed by atoms with Crippen molar-refractivity contribution in [3.63, 3.8) is 0 Å². The number of allylic oxidation sites excluding steroid dienone is 4. The van der Waals surface area contributed by atoms with Crippen LogP contribution in [0, 0.1) is 23.7 Å². The number of para-hydroxylation sites is 1. The summed E-state index contributed by atoms with van der Waals surface area (Å²) in [5, 5.41) is 0. The van der Waals surface area contributed by atoms with Crippen LogP contribution in [-0.2, 0) is 14.4 Å². The Bertz CT molecular complexity index is 1020. The molecular weight excluding hydrogens is 362 g/mol. The fourth-order valence-corrected chi connectivity index (χ4v) is 5.11. The van der Waals surface area contributed by atoms with Gasteiger partial charge in [0.1, 0.15) is 0 Å². The molecule has 29 heavy (non-hydrogen) atoms. The van der Waals surface area contributed by atoms with Gasteiger partial charge in [-0.3, -0.25) is 14.4 Å². The summed E-state index contributed by atoms with van der Waals surface area (Å²) >= 11 is 0. The molecule has 1 aliphatic heterocycles. The monoisotopic (exact) mass is 383 g/mol. The number of β-lactam (4-membered cyclic amide) rings is 1. The van der Waals surface area contributed by atoms with Crippen molar-refractivity contribution in [2.75, 3.05) is 4.90 Å². The van der Waals surface area contributed by atoms with E-state index in [1.54, 1.807) is 0 Å². The highest BCUT2D eigenvalue weighted by atomic mass is 16.2. The van der Waals surface area contributed by atoms with Gasteiger partial charge in [-0.05, 0) is 36.3 Å². The summed E-state index contributed by atoms with van der Waals surface area (Å²) in [6.07, 6.45) is 7.32. The lowest BCUT2D eigenvalue weighted by Crippen LogP contribution is -2.60. The molecule has 1 saturated heterocycles. The molecular formula is C25H21NO3. The van der Waals surface area contributed by atoms with Gasteiger partial charge < -0.3 is 4.90 Å². The van der Waals surface area contributed by atoms with E-state index in [0.29, 0.717) is 6.42 Å². The first-order valence-corrected chi connectivity index (χ1v) is 10.0. The van der Waals surface area contributed by atoms with E-state index >= 15 is 0 Å². The minimum Gasteiger partial charge on any atom is -0.304 e. The van der Waals surface area contributed by atoms with E-state index in [2.05, 4.69) is 0 Å². The van der Waals surface area contributed by atoms with Crippen molar-refractivity contribution in [2.24, 2.45) is 23.7 Å². The molecule has 2 aromatic rings. The lowest BCUT2D eigenvalue weighted by atomic mass is 9.61. The van der Waals surface area contributed by atoms with Crippen LogP contribution in [0.4, 0.5) is 5.69 Å². The second kappa shape index (κ2) is 6.96. The topological polar surface area (TPSA) is 54.5 Å². The van der Waals surface area contributed by atoms with Crippen LogP contribution >= 0.6 is 0 Å². The minimum absolute atomic E-state index is 0.00750. The van der Waals surface area contributed by atoms with Crippen molar-refractivity contribution in [1.82, 2.24) is 0 Å². The minimum atomic E-state index is -0.449. The number of hydrogen-bond donors (Lipinski definition) is 0. The van der Waals surface area contributed by atoms with Gasteiger partial charge in [0.25, 0.3) is 0 Å². The summed E-state index contributed by atoms with van der Waals surface area (Å²) in [7, 11) is 0. The zero-order valence-corrected chi connectivity index (χ0v) is 15.8. The molecule has 1 heterocycles. The Balaban J connectivity index is 1.57. The van der Waals surface area contributed by atoms with E-state index in [-0.39, 0.29) is 41.3 Å². The van der Waals surface area contributed by atoms with Crippen LogP contribution in [-0.4, -0.2) is 17.5 Å². The number of fused-ring (bicyclic) bond motifs is 1. The number of rotatable bonds is 3. The molecule has 5 atom stereocenters. The second-order valence-electron chi connectivity index (χ2n) is 7.94. The highest BCUT2D eigenvalue weighted by molar-refractivity contribution is 6.09. The molecule has 4 nitrogen and oxygen atoms in total. The quantitative estimate of drug-likeness (QED) is 0.597. The summed E-state index contributed by atoms with van der Waals surface area (Å²) in [6.45, 7) is 0. The van der Waals surface area contributed by atoms with Gasteiger partial charge in [0.15, 0.2) is 11.6 Å². The number of anilines is 1. The Kier molecular flexibility index (Phi) is 4.27. The standard InChI is InChI=1S/C25H21NO3/c27-20-14-15-21(28)22-18(20)12-7-13-19(22)23-24(16-8-3-1-4-9-16)26(25(23)29)17-10-5-2-6-11-17/h1-11,13-15,18-19,22-24H,12H2/t18-,19-,22+,23-,24+/m0/s1. The van der Waals surface area contributed by atoms with Gasteiger partial charge in [-0.2, -0.15) is 0 Å².